The van der Waals surface area contributed by atoms with Crippen molar-refractivity contribution in [3.63, 3.8) is 0 Å². The average Bonchev–Trinajstić information content (AvgIpc) is 3.25. The Morgan fingerprint density at radius 2 is 2.22 bits per heavy atom. The summed E-state index contributed by atoms with van der Waals surface area (Å²) < 4.78 is 11.4. The van der Waals surface area contributed by atoms with Crippen molar-refractivity contribution in [1.82, 2.24) is 14.8 Å². The summed E-state index contributed by atoms with van der Waals surface area (Å²) in [6.45, 7) is 6.60. The molecule has 1 aromatic rings. The minimum Gasteiger partial charge on any atom is -0.378 e. The van der Waals surface area contributed by atoms with Gasteiger partial charge in [-0.3, -0.25) is 9.69 Å². The molecule has 23 heavy (non-hydrogen) atoms. The standard InChI is InChI=1S/C16H23N3O3S/c1-11-17-12(10-23-11)9-19-3-2-14-13(19)8-15(22-14)16(20)18-4-6-21-7-5-18/h10,13-15H,2-9H2,1H3/t13-,14-,15-/m0/s1. The zero-order valence-corrected chi connectivity index (χ0v) is 14.3. The van der Waals surface area contributed by atoms with Crippen LogP contribution in [0.2, 0.25) is 0 Å². The number of aromatic nitrogens is 1. The van der Waals surface area contributed by atoms with Gasteiger partial charge in [0.25, 0.3) is 5.91 Å². The van der Waals surface area contributed by atoms with Crippen LogP contribution in [0.25, 0.3) is 0 Å². The van der Waals surface area contributed by atoms with Crippen molar-refractivity contribution in [2.75, 3.05) is 32.8 Å². The first-order valence-electron chi connectivity index (χ1n) is 8.38. The Bertz CT molecular complexity index is 573. The molecule has 7 heteroatoms. The molecule has 0 N–H and O–H groups in total. The molecule has 1 aromatic heterocycles. The van der Waals surface area contributed by atoms with E-state index < -0.39 is 0 Å². The number of thiazole rings is 1. The zero-order valence-electron chi connectivity index (χ0n) is 13.4. The van der Waals surface area contributed by atoms with Crippen LogP contribution in [0.5, 0.6) is 0 Å². The number of hydrogen-bond donors (Lipinski definition) is 0. The molecule has 0 saturated carbocycles. The van der Waals surface area contributed by atoms with Gasteiger partial charge in [0.05, 0.1) is 30.0 Å². The van der Waals surface area contributed by atoms with Crippen LogP contribution in [0.3, 0.4) is 0 Å². The van der Waals surface area contributed by atoms with E-state index in [1.165, 1.54) is 0 Å². The highest BCUT2D eigenvalue weighted by molar-refractivity contribution is 7.09. The van der Waals surface area contributed by atoms with Crippen molar-refractivity contribution in [2.24, 2.45) is 0 Å². The Kier molecular flexibility index (Phi) is 4.36. The molecular weight excluding hydrogens is 314 g/mol. The minimum absolute atomic E-state index is 0.146. The SMILES string of the molecule is Cc1nc(CN2CC[C@@H]3O[C@H](C(=O)N4CCOCC4)C[C@@H]32)cs1. The maximum atomic E-state index is 12.6. The quantitative estimate of drug-likeness (QED) is 0.825. The number of amides is 1. The number of fused-ring (bicyclic) bond motifs is 1. The topological polar surface area (TPSA) is 54.9 Å². The van der Waals surface area contributed by atoms with Crippen LogP contribution in [0.15, 0.2) is 5.38 Å². The molecule has 3 saturated heterocycles. The fourth-order valence-electron chi connectivity index (χ4n) is 3.86. The molecule has 0 aliphatic carbocycles. The Morgan fingerprint density at radius 3 is 2.96 bits per heavy atom. The molecule has 4 rings (SSSR count). The molecule has 0 radical (unpaired) electrons. The van der Waals surface area contributed by atoms with Crippen LogP contribution in [0.4, 0.5) is 0 Å². The number of carbonyl (C=O) groups excluding carboxylic acids is 1. The van der Waals surface area contributed by atoms with E-state index in [2.05, 4.69) is 15.3 Å². The third-order valence-corrected chi connectivity index (χ3v) is 5.85. The predicted molar refractivity (Wildman–Crippen MR) is 86.3 cm³/mol. The van der Waals surface area contributed by atoms with Crippen LogP contribution < -0.4 is 0 Å². The van der Waals surface area contributed by atoms with E-state index in [1.54, 1.807) is 11.3 Å². The summed E-state index contributed by atoms with van der Waals surface area (Å²) in [5.41, 5.74) is 1.14. The Morgan fingerprint density at radius 1 is 1.39 bits per heavy atom. The second kappa shape index (κ2) is 6.47. The van der Waals surface area contributed by atoms with Gasteiger partial charge in [-0.1, -0.05) is 0 Å². The maximum Gasteiger partial charge on any atom is 0.251 e. The molecule has 3 atom stereocenters. The van der Waals surface area contributed by atoms with Gasteiger partial charge in [-0.15, -0.1) is 11.3 Å². The first kappa shape index (κ1) is 15.5. The molecular formula is C16H23N3O3S. The summed E-state index contributed by atoms with van der Waals surface area (Å²) >= 11 is 1.70. The minimum atomic E-state index is -0.275. The maximum absolute atomic E-state index is 12.6. The molecule has 0 unspecified atom stereocenters. The summed E-state index contributed by atoms with van der Waals surface area (Å²) in [5, 5.41) is 3.24. The van der Waals surface area contributed by atoms with Crippen molar-refractivity contribution >= 4 is 17.2 Å². The summed E-state index contributed by atoms with van der Waals surface area (Å²) in [4.78, 5) is 21.5. The van der Waals surface area contributed by atoms with Crippen LogP contribution in [-0.2, 0) is 20.8 Å². The van der Waals surface area contributed by atoms with E-state index in [4.69, 9.17) is 9.47 Å². The normalized spacial score (nSPS) is 31.5. The fourth-order valence-corrected chi connectivity index (χ4v) is 4.47. The van der Waals surface area contributed by atoms with E-state index in [9.17, 15) is 4.79 Å². The summed E-state index contributed by atoms with van der Waals surface area (Å²) in [6.07, 6.45) is 1.75. The van der Waals surface area contributed by atoms with Gasteiger partial charge in [0.1, 0.15) is 6.10 Å². The van der Waals surface area contributed by atoms with Crippen molar-refractivity contribution in [3.8, 4) is 0 Å². The Balaban J connectivity index is 1.37. The largest absolute Gasteiger partial charge is 0.378 e. The third kappa shape index (κ3) is 3.15. The smallest absolute Gasteiger partial charge is 0.251 e. The van der Waals surface area contributed by atoms with Crippen LogP contribution in [-0.4, -0.2) is 71.8 Å². The van der Waals surface area contributed by atoms with Crippen LogP contribution >= 0.6 is 11.3 Å². The summed E-state index contributed by atoms with van der Waals surface area (Å²) in [5.74, 6) is 0.146. The number of carbonyl (C=O) groups is 1. The van der Waals surface area contributed by atoms with Gasteiger partial charge in [0, 0.05) is 44.0 Å². The Hall–Kier alpha value is -1.02. The molecule has 4 heterocycles. The molecule has 126 valence electrons. The van der Waals surface area contributed by atoms with Gasteiger partial charge in [0.15, 0.2) is 0 Å². The lowest BCUT2D eigenvalue weighted by Crippen LogP contribution is -2.46. The lowest BCUT2D eigenvalue weighted by Gasteiger charge is -2.29. The molecule has 0 aromatic carbocycles. The number of hydrogen-bond acceptors (Lipinski definition) is 6. The van der Waals surface area contributed by atoms with Crippen molar-refractivity contribution in [3.05, 3.63) is 16.1 Å². The molecule has 1 amide bonds. The average molecular weight is 337 g/mol. The zero-order chi connectivity index (χ0) is 15.8. The highest BCUT2D eigenvalue weighted by Crippen LogP contribution is 2.34. The van der Waals surface area contributed by atoms with Gasteiger partial charge in [-0.2, -0.15) is 0 Å². The third-order valence-electron chi connectivity index (χ3n) is 5.02. The van der Waals surface area contributed by atoms with E-state index in [0.717, 1.165) is 36.6 Å². The molecule has 6 nitrogen and oxygen atoms in total. The number of likely N-dealkylation sites (tertiary alicyclic amines) is 1. The van der Waals surface area contributed by atoms with E-state index in [-0.39, 0.29) is 18.1 Å². The number of rotatable bonds is 3. The second-order valence-electron chi connectivity index (χ2n) is 6.52. The van der Waals surface area contributed by atoms with E-state index >= 15 is 0 Å². The Labute approximate surface area is 140 Å². The van der Waals surface area contributed by atoms with Gasteiger partial charge in [-0.25, -0.2) is 4.98 Å². The van der Waals surface area contributed by atoms with Crippen molar-refractivity contribution in [2.45, 2.75) is 44.6 Å². The van der Waals surface area contributed by atoms with Crippen molar-refractivity contribution in [1.29, 1.82) is 0 Å². The number of ether oxygens (including phenoxy) is 2. The second-order valence-corrected chi connectivity index (χ2v) is 7.58. The first-order chi connectivity index (χ1) is 11.2. The number of morpholine rings is 1. The van der Waals surface area contributed by atoms with E-state index in [1.807, 2.05) is 11.8 Å². The lowest BCUT2D eigenvalue weighted by molar-refractivity contribution is -0.146. The van der Waals surface area contributed by atoms with Crippen LogP contribution in [0, 0.1) is 6.92 Å². The highest BCUT2D eigenvalue weighted by atomic mass is 32.1. The number of nitrogens with zero attached hydrogens (tertiary/aromatic N) is 3. The lowest BCUT2D eigenvalue weighted by atomic mass is 10.1. The molecule has 0 spiro atoms. The van der Waals surface area contributed by atoms with Crippen LogP contribution in [0.1, 0.15) is 23.5 Å². The van der Waals surface area contributed by atoms with Gasteiger partial charge in [-0.05, 0) is 13.3 Å². The molecule has 3 fully saturated rings. The molecule has 3 aliphatic heterocycles. The number of aryl methyl sites for hydroxylation is 1. The first-order valence-corrected chi connectivity index (χ1v) is 9.26. The summed E-state index contributed by atoms with van der Waals surface area (Å²) in [6, 6.07) is 0.354. The van der Waals surface area contributed by atoms with E-state index in [0.29, 0.717) is 32.3 Å². The fraction of sp³-hybridized carbons (Fsp3) is 0.750. The highest BCUT2D eigenvalue weighted by Gasteiger charge is 2.46. The monoisotopic (exact) mass is 337 g/mol. The predicted octanol–water partition coefficient (Wildman–Crippen LogP) is 1.04. The van der Waals surface area contributed by atoms with Crippen molar-refractivity contribution < 1.29 is 14.3 Å². The van der Waals surface area contributed by atoms with Gasteiger partial charge in [0.2, 0.25) is 0 Å². The molecule has 0 bridgehead atoms. The summed E-state index contributed by atoms with van der Waals surface area (Å²) in [7, 11) is 0. The van der Waals surface area contributed by atoms with Gasteiger partial charge >= 0.3 is 0 Å². The van der Waals surface area contributed by atoms with Gasteiger partial charge < -0.3 is 14.4 Å². The molecule has 3 aliphatic rings.